The Labute approximate surface area is 176 Å². The zero-order chi connectivity index (χ0) is 19.8. The third-order valence-electron chi connectivity index (χ3n) is 4.69. The van der Waals surface area contributed by atoms with E-state index in [0.717, 1.165) is 27.4 Å². The molecule has 142 valence electrons. The van der Waals surface area contributed by atoms with Crippen LogP contribution in [0.15, 0.2) is 47.8 Å². The van der Waals surface area contributed by atoms with E-state index in [2.05, 4.69) is 15.8 Å². The molecular weight excluding hydrogens is 413 g/mol. The van der Waals surface area contributed by atoms with E-state index in [0.29, 0.717) is 17.1 Å². The summed E-state index contributed by atoms with van der Waals surface area (Å²) in [6.45, 7) is 3.83. The van der Waals surface area contributed by atoms with Gasteiger partial charge in [-0.25, -0.2) is 4.79 Å². The van der Waals surface area contributed by atoms with Crippen LogP contribution in [0.1, 0.15) is 22.5 Å². The standard InChI is InChI=1S/C21H17Cl2N3OS/c1-12-18(8-14-11-28-20-7-6-16(23)10-19(14)20)13(2)26(25-12)21(27)24-17-5-3-4-15(22)9-17/h3-7,9-11H,8H2,1-2H3,(H,24,27). The second kappa shape index (κ2) is 7.59. The summed E-state index contributed by atoms with van der Waals surface area (Å²) >= 11 is 13.9. The Hall–Kier alpha value is -2.34. The van der Waals surface area contributed by atoms with Gasteiger partial charge in [-0.05, 0) is 66.6 Å². The molecule has 0 fully saturated rings. The molecule has 0 spiro atoms. The van der Waals surface area contributed by atoms with Crippen molar-refractivity contribution in [2.45, 2.75) is 20.3 Å². The van der Waals surface area contributed by atoms with E-state index in [-0.39, 0.29) is 6.03 Å². The van der Waals surface area contributed by atoms with Gasteiger partial charge < -0.3 is 5.32 Å². The van der Waals surface area contributed by atoms with Gasteiger partial charge in [-0.1, -0.05) is 29.3 Å². The van der Waals surface area contributed by atoms with Crippen LogP contribution < -0.4 is 5.32 Å². The van der Waals surface area contributed by atoms with Crippen LogP contribution in [-0.4, -0.2) is 15.8 Å². The molecule has 0 saturated heterocycles. The average molecular weight is 430 g/mol. The fourth-order valence-corrected chi connectivity index (χ4v) is 4.56. The van der Waals surface area contributed by atoms with E-state index >= 15 is 0 Å². The van der Waals surface area contributed by atoms with Crippen molar-refractivity contribution < 1.29 is 4.79 Å². The topological polar surface area (TPSA) is 46.9 Å². The van der Waals surface area contributed by atoms with Crippen molar-refractivity contribution in [1.82, 2.24) is 9.78 Å². The van der Waals surface area contributed by atoms with E-state index in [1.807, 2.05) is 32.0 Å². The van der Waals surface area contributed by atoms with Gasteiger partial charge in [0.25, 0.3) is 0 Å². The number of rotatable bonds is 3. The summed E-state index contributed by atoms with van der Waals surface area (Å²) in [7, 11) is 0. The Bertz CT molecular complexity index is 1200. The lowest BCUT2D eigenvalue weighted by atomic mass is 10.0. The molecule has 2 heterocycles. The molecule has 0 radical (unpaired) electrons. The molecule has 28 heavy (non-hydrogen) atoms. The van der Waals surface area contributed by atoms with Crippen LogP contribution in [0.2, 0.25) is 10.0 Å². The number of benzene rings is 2. The Morgan fingerprint density at radius 3 is 2.71 bits per heavy atom. The molecule has 0 aliphatic heterocycles. The second-order valence-corrected chi connectivity index (χ2v) is 8.36. The number of anilines is 1. The number of fused-ring (bicyclic) bond motifs is 1. The fourth-order valence-electron chi connectivity index (χ4n) is 3.25. The van der Waals surface area contributed by atoms with Crippen molar-refractivity contribution in [2.75, 3.05) is 5.32 Å². The lowest BCUT2D eigenvalue weighted by Crippen LogP contribution is -2.22. The highest BCUT2D eigenvalue weighted by Crippen LogP contribution is 2.31. The normalized spacial score (nSPS) is 11.1. The number of nitrogens with one attached hydrogen (secondary N) is 1. The zero-order valence-electron chi connectivity index (χ0n) is 15.3. The van der Waals surface area contributed by atoms with Crippen molar-refractivity contribution in [1.29, 1.82) is 0 Å². The number of aromatic nitrogens is 2. The summed E-state index contributed by atoms with van der Waals surface area (Å²) in [4.78, 5) is 12.7. The first kappa shape index (κ1) is 19.0. The lowest BCUT2D eigenvalue weighted by Gasteiger charge is -2.07. The number of carbonyl (C=O) groups excluding carboxylic acids is 1. The van der Waals surface area contributed by atoms with Crippen LogP contribution in [0.25, 0.3) is 10.1 Å². The van der Waals surface area contributed by atoms with Crippen LogP contribution in [-0.2, 0) is 6.42 Å². The van der Waals surface area contributed by atoms with Gasteiger partial charge in [0.15, 0.2) is 0 Å². The van der Waals surface area contributed by atoms with Gasteiger partial charge in [0.2, 0.25) is 0 Å². The number of carbonyl (C=O) groups is 1. The monoisotopic (exact) mass is 429 g/mol. The Kier molecular flexibility index (Phi) is 5.15. The van der Waals surface area contributed by atoms with Gasteiger partial charge in [-0.15, -0.1) is 11.3 Å². The van der Waals surface area contributed by atoms with E-state index in [9.17, 15) is 4.79 Å². The molecule has 2 aromatic heterocycles. The van der Waals surface area contributed by atoms with E-state index < -0.39 is 0 Å². The molecular formula is C21H17Cl2N3OS. The minimum absolute atomic E-state index is 0.313. The largest absolute Gasteiger partial charge is 0.346 e. The number of halogens is 2. The summed E-state index contributed by atoms with van der Waals surface area (Å²) in [6.07, 6.45) is 0.697. The molecule has 4 rings (SSSR count). The van der Waals surface area contributed by atoms with Crippen molar-refractivity contribution in [2.24, 2.45) is 0 Å². The molecule has 0 aliphatic carbocycles. The van der Waals surface area contributed by atoms with Gasteiger partial charge in [-0.3, -0.25) is 0 Å². The van der Waals surface area contributed by atoms with E-state index in [1.54, 1.807) is 35.6 Å². The number of hydrogen-bond donors (Lipinski definition) is 1. The smallest absolute Gasteiger partial charge is 0.306 e. The lowest BCUT2D eigenvalue weighted by molar-refractivity contribution is 0.250. The quantitative estimate of drug-likeness (QED) is 0.394. The second-order valence-electron chi connectivity index (χ2n) is 6.58. The van der Waals surface area contributed by atoms with Crippen LogP contribution in [0.3, 0.4) is 0 Å². The minimum Gasteiger partial charge on any atom is -0.306 e. The molecule has 2 aromatic carbocycles. The molecule has 0 aliphatic rings. The molecule has 4 aromatic rings. The highest BCUT2D eigenvalue weighted by Gasteiger charge is 2.18. The SMILES string of the molecule is Cc1nn(C(=O)Nc2cccc(Cl)c2)c(C)c1Cc1csc2ccc(Cl)cc12. The maximum absolute atomic E-state index is 12.7. The van der Waals surface area contributed by atoms with E-state index in [1.165, 1.54) is 14.9 Å². The number of thiophene rings is 1. The third-order valence-corrected chi connectivity index (χ3v) is 6.17. The Balaban J connectivity index is 1.63. The van der Waals surface area contributed by atoms with Crippen molar-refractivity contribution in [3.8, 4) is 0 Å². The summed E-state index contributed by atoms with van der Waals surface area (Å²) in [5, 5.41) is 11.9. The minimum atomic E-state index is -0.313. The summed E-state index contributed by atoms with van der Waals surface area (Å²) in [5.74, 6) is 0. The average Bonchev–Trinajstić information content (AvgIpc) is 3.17. The first-order chi connectivity index (χ1) is 13.4. The fraction of sp³-hybridized carbons (Fsp3) is 0.143. The van der Waals surface area contributed by atoms with Gasteiger partial charge in [-0.2, -0.15) is 9.78 Å². The molecule has 0 atom stereocenters. The molecule has 7 heteroatoms. The number of aryl methyl sites for hydroxylation is 1. The van der Waals surface area contributed by atoms with Gasteiger partial charge >= 0.3 is 6.03 Å². The number of hydrogen-bond acceptors (Lipinski definition) is 3. The van der Waals surface area contributed by atoms with Gasteiger partial charge in [0, 0.05) is 38.1 Å². The first-order valence-corrected chi connectivity index (χ1v) is 10.3. The maximum atomic E-state index is 12.7. The van der Waals surface area contributed by atoms with E-state index in [4.69, 9.17) is 23.2 Å². The van der Waals surface area contributed by atoms with Crippen molar-refractivity contribution >= 4 is 56.3 Å². The molecule has 1 N–H and O–H groups in total. The first-order valence-electron chi connectivity index (χ1n) is 8.70. The van der Waals surface area contributed by atoms with Crippen LogP contribution >= 0.6 is 34.5 Å². The zero-order valence-corrected chi connectivity index (χ0v) is 17.6. The highest BCUT2D eigenvalue weighted by molar-refractivity contribution is 7.17. The molecule has 0 unspecified atom stereocenters. The van der Waals surface area contributed by atoms with Gasteiger partial charge in [0.1, 0.15) is 0 Å². The summed E-state index contributed by atoms with van der Waals surface area (Å²) in [6, 6.07) is 12.7. The third kappa shape index (κ3) is 3.65. The summed E-state index contributed by atoms with van der Waals surface area (Å²) in [5.41, 5.74) is 4.51. The number of nitrogens with zero attached hydrogens (tertiary/aromatic N) is 2. The molecule has 1 amide bonds. The van der Waals surface area contributed by atoms with Crippen molar-refractivity contribution in [3.05, 3.63) is 80.4 Å². The van der Waals surface area contributed by atoms with Crippen molar-refractivity contribution in [3.63, 3.8) is 0 Å². The Morgan fingerprint density at radius 2 is 1.93 bits per heavy atom. The summed E-state index contributed by atoms with van der Waals surface area (Å²) < 4.78 is 2.61. The Morgan fingerprint density at radius 1 is 1.14 bits per heavy atom. The maximum Gasteiger partial charge on any atom is 0.346 e. The highest BCUT2D eigenvalue weighted by atomic mass is 35.5. The van der Waals surface area contributed by atoms with Crippen LogP contribution in [0, 0.1) is 13.8 Å². The molecule has 0 saturated carbocycles. The predicted molar refractivity (Wildman–Crippen MR) is 117 cm³/mol. The van der Waals surface area contributed by atoms with Crippen LogP contribution in [0.5, 0.6) is 0 Å². The predicted octanol–water partition coefficient (Wildman–Crippen LogP) is 6.69. The number of amides is 1. The van der Waals surface area contributed by atoms with Gasteiger partial charge in [0.05, 0.1) is 5.69 Å². The molecule has 0 bridgehead atoms. The molecule has 4 nitrogen and oxygen atoms in total. The van der Waals surface area contributed by atoms with Crippen LogP contribution in [0.4, 0.5) is 10.5 Å².